The third-order valence-electron chi connectivity index (χ3n) is 6.91. The summed E-state index contributed by atoms with van der Waals surface area (Å²) in [4.78, 5) is 5.12. The first kappa shape index (κ1) is 34.7. The van der Waals surface area contributed by atoms with E-state index in [1.54, 1.807) is 0 Å². The lowest BCUT2D eigenvalue weighted by Crippen LogP contribution is -2.05. The SMILES string of the molecule is C=C/C(C)=C/C=C(/C=C\C=C(/C=C)C(=CC(C)/N=C(\C)c1ccccc1-c1ccccc1C)/C=C\CC)\C=C(C)\C=C/C. The molecule has 0 saturated carbocycles. The predicted molar refractivity (Wildman–Crippen MR) is 194 cm³/mol. The number of hydrogen-bond donors (Lipinski definition) is 0. The molecule has 2 aromatic carbocycles. The van der Waals surface area contributed by atoms with E-state index < -0.39 is 0 Å². The summed E-state index contributed by atoms with van der Waals surface area (Å²) in [5, 5.41) is 0. The zero-order chi connectivity index (χ0) is 31.6. The summed E-state index contributed by atoms with van der Waals surface area (Å²) in [6, 6.07) is 17.0. The maximum atomic E-state index is 5.12. The number of rotatable bonds is 14. The minimum atomic E-state index is -0.0253. The zero-order valence-corrected chi connectivity index (χ0v) is 27.3. The van der Waals surface area contributed by atoms with Crippen LogP contribution in [-0.4, -0.2) is 11.8 Å². The van der Waals surface area contributed by atoms with Gasteiger partial charge in [-0.3, -0.25) is 4.99 Å². The maximum absolute atomic E-state index is 5.12. The van der Waals surface area contributed by atoms with E-state index in [4.69, 9.17) is 4.99 Å². The minimum absolute atomic E-state index is 0.0253. The van der Waals surface area contributed by atoms with Gasteiger partial charge in [-0.2, -0.15) is 0 Å². The summed E-state index contributed by atoms with van der Waals surface area (Å²) in [6.07, 6.45) is 28.2. The van der Waals surface area contributed by atoms with Gasteiger partial charge in [0.15, 0.2) is 0 Å². The fraction of sp³-hybridized carbons (Fsp3) is 0.214. The number of allylic oxidation sites excluding steroid dienone is 17. The van der Waals surface area contributed by atoms with Crippen LogP contribution in [0.5, 0.6) is 0 Å². The zero-order valence-electron chi connectivity index (χ0n) is 27.3. The Labute approximate surface area is 261 Å². The van der Waals surface area contributed by atoms with Crippen molar-refractivity contribution in [3.8, 4) is 11.1 Å². The molecule has 0 radical (unpaired) electrons. The second-order valence-corrected chi connectivity index (χ2v) is 10.6. The van der Waals surface area contributed by atoms with Crippen molar-refractivity contribution in [3.63, 3.8) is 0 Å². The van der Waals surface area contributed by atoms with Crippen molar-refractivity contribution in [2.24, 2.45) is 4.99 Å². The van der Waals surface area contributed by atoms with Crippen LogP contribution in [0, 0.1) is 6.92 Å². The van der Waals surface area contributed by atoms with Crippen LogP contribution in [-0.2, 0) is 0 Å². The molecule has 222 valence electrons. The Kier molecular flexibility index (Phi) is 15.2. The van der Waals surface area contributed by atoms with Crippen molar-refractivity contribution in [2.75, 3.05) is 0 Å². The van der Waals surface area contributed by atoms with E-state index in [1.165, 1.54) is 22.3 Å². The molecule has 0 bridgehead atoms. The molecule has 0 heterocycles. The fourth-order valence-electron chi connectivity index (χ4n) is 4.64. The van der Waals surface area contributed by atoms with Crippen LogP contribution < -0.4 is 0 Å². The molecule has 0 spiro atoms. The van der Waals surface area contributed by atoms with Crippen molar-refractivity contribution in [3.05, 3.63) is 180 Å². The summed E-state index contributed by atoms with van der Waals surface area (Å²) in [7, 11) is 0. The van der Waals surface area contributed by atoms with Gasteiger partial charge in [-0.25, -0.2) is 0 Å². The molecule has 1 unspecified atom stereocenters. The van der Waals surface area contributed by atoms with Gasteiger partial charge in [0, 0.05) is 11.3 Å². The Morgan fingerprint density at radius 2 is 1.51 bits per heavy atom. The van der Waals surface area contributed by atoms with Crippen LogP contribution in [0.3, 0.4) is 0 Å². The molecule has 0 N–H and O–H groups in total. The van der Waals surface area contributed by atoms with Crippen LogP contribution in [0.2, 0.25) is 0 Å². The van der Waals surface area contributed by atoms with E-state index in [-0.39, 0.29) is 6.04 Å². The van der Waals surface area contributed by atoms with Gasteiger partial charge in [-0.15, -0.1) is 0 Å². The number of aliphatic imine (C=N–C) groups is 1. The molecule has 0 aliphatic rings. The first-order valence-corrected chi connectivity index (χ1v) is 15.1. The smallest absolute Gasteiger partial charge is 0.0664 e. The van der Waals surface area contributed by atoms with E-state index in [1.807, 2.05) is 26.0 Å². The van der Waals surface area contributed by atoms with Crippen LogP contribution in [0.15, 0.2) is 174 Å². The second-order valence-electron chi connectivity index (χ2n) is 10.6. The molecule has 0 amide bonds. The molecule has 1 nitrogen and oxygen atoms in total. The van der Waals surface area contributed by atoms with Gasteiger partial charge in [0.2, 0.25) is 0 Å². The highest BCUT2D eigenvalue weighted by Crippen LogP contribution is 2.27. The molecular formula is C42H49N. The molecule has 2 aromatic rings. The molecular weight excluding hydrogens is 518 g/mol. The summed E-state index contributed by atoms with van der Waals surface area (Å²) >= 11 is 0. The van der Waals surface area contributed by atoms with Crippen molar-refractivity contribution in [1.82, 2.24) is 0 Å². The van der Waals surface area contributed by atoms with E-state index in [0.29, 0.717) is 0 Å². The van der Waals surface area contributed by atoms with E-state index >= 15 is 0 Å². The Morgan fingerprint density at radius 1 is 0.814 bits per heavy atom. The molecule has 1 heteroatoms. The van der Waals surface area contributed by atoms with Gasteiger partial charge in [0.05, 0.1) is 6.04 Å². The van der Waals surface area contributed by atoms with Crippen molar-refractivity contribution in [2.45, 2.75) is 60.9 Å². The Balaban J connectivity index is 2.48. The largest absolute Gasteiger partial charge is 0.282 e. The molecule has 0 fully saturated rings. The predicted octanol–water partition coefficient (Wildman–Crippen LogP) is 12.0. The van der Waals surface area contributed by atoms with E-state index in [9.17, 15) is 0 Å². The first-order chi connectivity index (χ1) is 20.7. The molecule has 2 rings (SSSR count). The number of aryl methyl sites for hydroxylation is 1. The lowest BCUT2D eigenvalue weighted by atomic mass is 9.94. The summed E-state index contributed by atoms with van der Waals surface area (Å²) < 4.78 is 0. The molecule has 1 atom stereocenters. The van der Waals surface area contributed by atoms with E-state index in [0.717, 1.165) is 40.0 Å². The molecule has 0 aliphatic carbocycles. The minimum Gasteiger partial charge on any atom is -0.282 e. The topological polar surface area (TPSA) is 12.4 Å². The molecule has 0 saturated heterocycles. The van der Waals surface area contributed by atoms with Crippen LogP contribution in [0.25, 0.3) is 11.1 Å². The van der Waals surface area contributed by atoms with Crippen molar-refractivity contribution < 1.29 is 0 Å². The Bertz CT molecular complexity index is 1520. The number of nitrogens with zero attached hydrogens (tertiary/aromatic N) is 1. The van der Waals surface area contributed by atoms with Crippen LogP contribution in [0.4, 0.5) is 0 Å². The average molecular weight is 568 g/mol. The van der Waals surface area contributed by atoms with Crippen molar-refractivity contribution >= 4 is 5.71 Å². The lowest BCUT2D eigenvalue weighted by Gasteiger charge is -2.13. The molecule has 0 aromatic heterocycles. The third kappa shape index (κ3) is 11.7. The summed E-state index contributed by atoms with van der Waals surface area (Å²) in [6.45, 7) is 22.7. The Morgan fingerprint density at radius 3 is 2.16 bits per heavy atom. The van der Waals surface area contributed by atoms with E-state index in [2.05, 4.69) is 163 Å². The molecule has 0 aliphatic heterocycles. The standard InChI is InChI=1S/C42H49N/c1-10-14-23-39(38(13-4)24-19-22-37(29-28-32(5)12-3)30-33(6)20-11-2)31-35(8)43-36(9)41-26-17-18-27-42(41)40-25-16-15-21-34(40)7/h11-31,35H,3-4,10H2,1-2,5-9H3/b20-11-,22-19-,23-14-,32-28+,33-30+,37-29-,38-24+,39-31?,43-36+. The van der Waals surface area contributed by atoms with Gasteiger partial charge in [-0.1, -0.05) is 159 Å². The molecule has 43 heavy (non-hydrogen) atoms. The first-order valence-electron chi connectivity index (χ1n) is 15.1. The van der Waals surface area contributed by atoms with Crippen molar-refractivity contribution in [1.29, 1.82) is 0 Å². The van der Waals surface area contributed by atoms with Gasteiger partial charge in [0.1, 0.15) is 0 Å². The lowest BCUT2D eigenvalue weighted by molar-refractivity contribution is 0.919. The van der Waals surface area contributed by atoms with Gasteiger partial charge in [0.25, 0.3) is 0 Å². The highest BCUT2D eigenvalue weighted by atomic mass is 14.8. The average Bonchev–Trinajstić information content (AvgIpc) is 3.00. The normalized spacial score (nSPS) is 15.1. The quantitative estimate of drug-likeness (QED) is 0.159. The number of benzene rings is 2. The highest BCUT2D eigenvalue weighted by molar-refractivity contribution is 6.04. The van der Waals surface area contributed by atoms with Crippen LogP contribution >= 0.6 is 0 Å². The monoisotopic (exact) mass is 567 g/mol. The summed E-state index contributed by atoms with van der Waals surface area (Å²) in [5.41, 5.74) is 11.4. The summed E-state index contributed by atoms with van der Waals surface area (Å²) in [5.74, 6) is 0. The van der Waals surface area contributed by atoms with Crippen LogP contribution in [0.1, 0.15) is 59.1 Å². The third-order valence-corrected chi connectivity index (χ3v) is 6.91. The fourth-order valence-corrected chi connectivity index (χ4v) is 4.64. The highest BCUT2D eigenvalue weighted by Gasteiger charge is 2.10. The number of hydrogen-bond acceptors (Lipinski definition) is 1. The van der Waals surface area contributed by atoms with Gasteiger partial charge >= 0.3 is 0 Å². The maximum Gasteiger partial charge on any atom is 0.0664 e. The Hall–Kier alpha value is -4.49. The second kappa shape index (κ2) is 18.8. The van der Waals surface area contributed by atoms with Gasteiger partial charge in [-0.05, 0) is 81.4 Å². The van der Waals surface area contributed by atoms with Gasteiger partial charge < -0.3 is 0 Å².